The second kappa shape index (κ2) is 5.87. The van der Waals surface area contributed by atoms with Gasteiger partial charge in [-0.1, -0.05) is 19.1 Å². The molecule has 0 radical (unpaired) electrons. The Morgan fingerprint density at radius 1 is 1.24 bits per heavy atom. The number of allylic oxidation sites excluding steroid dienone is 2. The minimum Gasteiger partial charge on any atom is -0.445 e. The normalized spacial score (nSPS) is 22.2. The lowest BCUT2D eigenvalue weighted by Crippen LogP contribution is -2.44. The molecule has 3 aliphatic heterocycles. The molecule has 3 aliphatic rings. The lowest BCUT2D eigenvalue weighted by molar-refractivity contribution is 0.246. The lowest BCUT2D eigenvalue weighted by atomic mass is 10.0. The summed E-state index contributed by atoms with van der Waals surface area (Å²) < 4.78 is 6.06. The third-order valence-electron chi connectivity index (χ3n) is 5.43. The Morgan fingerprint density at radius 3 is 2.56 bits per heavy atom. The summed E-state index contributed by atoms with van der Waals surface area (Å²) in [6.07, 6.45) is 3.38. The number of ether oxygens (including phenoxy) is 1. The van der Waals surface area contributed by atoms with Gasteiger partial charge in [0.1, 0.15) is 11.9 Å². The van der Waals surface area contributed by atoms with Crippen molar-refractivity contribution in [3.63, 3.8) is 0 Å². The Hall–Kier alpha value is -2.36. The van der Waals surface area contributed by atoms with Gasteiger partial charge < -0.3 is 19.9 Å². The number of rotatable bonds is 3. The van der Waals surface area contributed by atoms with Gasteiger partial charge in [-0.05, 0) is 45.4 Å². The Labute approximate surface area is 150 Å². The Bertz CT molecular complexity index is 803. The van der Waals surface area contributed by atoms with Crippen molar-refractivity contribution >= 4 is 11.4 Å². The van der Waals surface area contributed by atoms with E-state index in [2.05, 4.69) is 80.1 Å². The number of hydrogen-bond donors (Lipinski definition) is 1. The van der Waals surface area contributed by atoms with Gasteiger partial charge in [-0.3, -0.25) is 0 Å². The Morgan fingerprint density at radius 2 is 1.96 bits per heavy atom. The van der Waals surface area contributed by atoms with Crippen LogP contribution in [0, 0.1) is 0 Å². The van der Waals surface area contributed by atoms with Crippen LogP contribution in [0.25, 0.3) is 0 Å². The molecule has 4 rings (SSSR count). The van der Waals surface area contributed by atoms with E-state index >= 15 is 0 Å². The fourth-order valence-corrected chi connectivity index (χ4v) is 4.10. The average Bonchev–Trinajstić information content (AvgIpc) is 2.81. The molecule has 1 aromatic carbocycles. The number of anilines is 2. The minimum absolute atomic E-state index is 0.270. The molecular weight excluding hydrogens is 310 g/mol. The van der Waals surface area contributed by atoms with Crippen LogP contribution in [0.1, 0.15) is 41.0 Å². The van der Waals surface area contributed by atoms with E-state index in [0.29, 0.717) is 6.04 Å². The molecule has 0 saturated carbocycles. The topological polar surface area (TPSA) is 27.7 Å². The predicted octanol–water partition coefficient (Wildman–Crippen LogP) is 4.48. The molecule has 132 valence electrons. The summed E-state index contributed by atoms with van der Waals surface area (Å²) in [4.78, 5) is 4.97. The van der Waals surface area contributed by atoms with Crippen molar-refractivity contribution in [2.75, 3.05) is 16.3 Å². The largest absolute Gasteiger partial charge is 0.445 e. The van der Waals surface area contributed by atoms with Crippen molar-refractivity contribution in [3.05, 3.63) is 58.8 Å². The molecule has 0 saturated heterocycles. The smallest absolute Gasteiger partial charge is 0.198 e. The first kappa shape index (κ1) is 16.1. The van der Waals surface area contributed by atoms with Crippen LogP contribution < -0.4 is 15.1 Å². The fourth-order valence-electron chi connectivity index (χ4n) is 4.10. The van der Waals surface area contributed by atoms with Crippen molar-refractivity contribution in [2.45, 2.75) is 53.2 Å². The van der Waals surface area contributed by atoms with E-state index in [-0.39, 0.29) is 6.17 Å². The molecule has 0 aromatic heterocycles. The van der Waals surface area contributed by atoms with Crippen molar-refractivity contribution in [2.24, 2.45) is 0 Å². The van der Waals surface area contributed by atoms with Crippen molar-refractivity contribution in [1.29, 1.82) is 0 Å². The number of fused-ring (bicyclic) bond motifs is 1. The van der Waals surface area contributed by atoms with Gasteiger partial charge in [-0.15, -0.1) is 0 Å². The molecule has 1 atom stereocenters. The lowest BCUT2D eigenvalue weighted by Gasteiger charge is -2.34. The minimum atomic E-state index is 0.270. The summed E-state index contributed by atoms with van der Waals surface area (Å²) in [6.45, 7) is 12.1. The van der Waals surface area contributed by atoms with Crippen LogP contribution in [-0.4, -0.2) is 18.8 Å². The van der Waals surface area contributed by atoms with E-state index in [1.54, 1.807) is 0 Å². The van der Waals surface area contributed by atoms with Gasteiger partial charge in [-0.2, -0.15) is 0 Å². The van der Waals surface area contributed by atoms with Gasteiger partial charge >= 0.3 is 0 Å². The Balaban J connectivity index is 1.88. The summed E-state index contributed by atoms with van der Waals surface area (Å²) in [5.74, 6) is 1.95. The maximum atomic E-state index is 6.06. The summed E-state index contributed by atoms with van der Waals surface area (Å²) in [7, 11) is 0. The van der Waals surface area contributed by atoms with E-state index in [1.807, 2.05) is 0 Å². The van der Waals surface area contributed by atoms with Crippen molar-refractivity contribution < 1.29 is 4.74 Å². The van der Waals surface area contributed by atoms with Gasteiger partial charge in [0.15, 0.2) is 5.88 Å². The highest BCUT2D eigenvalue weighted by molar-refractivity contribution is 5.81. The van der Waals surface area contributed by atoms with Gasteiger partial charge in [0.05, 0.1) is 11.4 Å². The zero-order valence-corrected chi connectivity index (χ0v) is 15.8. The summed E-state index contributed by atoms with van der Waals surface area (Å²) >= 11 is 0. The van der Waals surface area contributed by atoms with Crippen LogP contribution in [0.3, 0.4) is 0 Å². The highest BCUT2D eigenvalue weighted by Gasteiger charge is 2.38. The summed E-state index contributed by atoms with van der Waals surface area (Å²) in [5.41, 5.74) is 6.45. The van der Waals surface area contributed by atoms with Crippen LogP contribution >= 0.6 is 0 Å². The number of nitrogens with one attached hydrogen (secondary N) is 1. The van der Waals surface area contributed by atoms with E-state index in [9.17, 15) is 0 Å². The first-order chi connectivity index (χ1) is 12.0. The molecule has 4 nitrogen and oxygen atoms in total. The molecule has 0 aliphatic carbocycles. The molecule has 0 fully saturated rings. The second-order valence-electron chi connectivity index (χ2n) is 7.23. The van der Waals surface area contributed by atoms with E-state index in [4.69, 9.17) is 4.74 Å². The van der Waals surface area contributed by atoms with Gasteiger partial charge in [-0.25, -0.2) is 0 Å². The maximum Gasteiger partial charge on any atom is 0.198 e. The van der Waals surface area contributed by atoms with Crippen LogP contribution in [-0.2, 0) is 4.74 Å². The molecule has 0 bridgehead atoms. The van der Waals surface area contributed by atoms with Crippen molar-refractivity contribution in [3.8, 4) is 0 Å². The van der Waals surface area contributed by atoms with Crippen LogP contribution in [0.15, 0.2) is 58.8 Å². The van der Waals surface area contributed by atoms with Crippen LogP contribution in [0.4, 0.5) is 11.4 Å². The summed E-state index contributed by atoms with van der Waals surface area (Å²) in [6, 6.07) is 9.17. The number of benzene rings is 1. The van der Waals surface area contributed by atoms with Crippen molar-refractivity contribution in [1.82, 2.24) is 5.32 Å². The molecule has 1 aromatic rings. The highest BCUT2D eigenvalue weighted by Crippen LogP contribution is 2.45. The monoisotopic (exact) mass is 337 g/mol. The molecule has 4 heteroatoms. The fraction of sp³-hybridized carbons (Fsp3) is 0.429. The van der Waals surface area contributed by atoms with Crippen LogP contribution in [0.2, 0.25) is 0 Å². The van der Waals surface area contributed by atoms with Gasteiger partial charge in [0.2, 0.25) is 0 Å². The third-order valence-corrected chi connectivity index (χ3v) is 5.43. The quantitative estimate of drug-likeness (QED) is 0.880. The molecule has 3 heterocycles. The molecule has 1 N–H and O–H groups in total. The summed E-state index contributed by atoms with van der Waals surface area (Å²) in [5, 5.41) is 3.30. The molecule has 25 heavy (non-hydrogen) atoms. The zero-order chi connectivity index (χ0) is 17.7. The van der Waals surface area contributed by atoms with E-state index in [0.717, 1.165) is 24.6 Å². The molecular formula is C21H27N3O. The maximum absolute atomic E-state index is 6.06. The molecule has 0 amide bonds. The Kier molecular flexibility index (Phi) is 3.78. The second-order valence-corrected chi connectivity index (χ2v) is 7.23. The van der Waals surface area contributed by atoms with E-state index in [1.165, 1.54) is 28.2 Å². The number of hydrogen-bond acceptors (Lipinski definition) is 4. The highest BCUT2D eigenvalue weighted by atomic mass is 16.5. The SMILES string of the molecule is CCC1=CC(N2c3ccccc3N(C(C)C)C2C)=C(C)C2=C(NC2)O1. The average molecular weight is 337 g/mol. The molecule has 0 spiro atoms. The third kappa shape index (κ3) is 2.35. The predicted molar refractivity (Wildman–Crippen MR) is 103 cm³/mol. The zero-order valence-electron chi connectivity index (χ0n) is 15.8. The van der Waals surface area contributed by atoms with E-state index < -0.39 is 0 Å². The van der Waals surface area contributed by atoms with Gasteiger partial charge in [0, 0.05) is 36.4 Å². The standard InChI is InChI=1S/C21H27N3O/c1-6-16-11-20(14(4)17-12-22-21(17)25-16)24-15(5)23(13(2)3)18-9-7-8-10-19(18)24/h7-11,13,15,22H,6,12H2,1-5H3. The molecule has 1 unspecified atom stereocenters. The van der Waals surface area contributed by atoms with Gasteiger partial charge in [0.25, 0.3) is 0 Å². The first-order valence-corrected chi connectivity index (χ1v) is 9.26. The first-order valence-electron chi connectivity index (χ1n) is 9.26. The number of para-hydroxylation sites is 2. The van der Waals surface area contributed by atoms with Crippen LogP contribution in [0.5, 0.6) is 0 Å². The number of nitrogens with zero attached hydrogens (tertiary/aromatic N) is 2.